The molecule has 3 aliphatic rings. The van der Waals surface area contributed by atoms with Crippen molar-refractivity contribution in [1.82, 2.24) is 21.3 Å². The number of nitrogens with zero attached hydrogens (tertiary/aromatic N) is 4. The van der Waals surface area contributed by atoms with Gasteiger partial charge in [-0.05, 0) is 70.1 Å². The average Bonchev–Trinajstić information content (AvgIpc) is 3.52. The third-order valence-electron chi connectivity index (χ3n) is 6.35. The Morgan fingerprint density at radius 1 is 1.06 bits per heavy atom. The Labute approximate surface area is 221 Å². The summed E-state index contributed by atoms with van der Waals surface area (Å²) >= 11 is 8.59. The largest absolute Gasteiger partial charge is 0.374 e. The molecule has 6 rings (SSSR count). The van der Waals surface area contributed by atoms with Gasteiger partial charge in [-0.1, -0.05) is 41.9 Å². The third-order valence-corrected chi connectivity index (χ3v) is 7.30. The molecular weight excluding hydrogens is 577 g/mol. The van der Waals surface area contributed by atoms with E-state index in [4.69, 9.17) is 16.6 Å². The minimum Gasteiger partial charge on any atom is -0.374 e. The fourth-order valence-corrected chi connectivity index (χ4v) is 5.19. The molecule has 0 saturated heterocycles. The Hall–Kier alpha value is -3.12. The maximum absolute atomic E-state index is 12.4. The summed E-state index contributed by atoms with van der Waals surface area (Å²) in [5.74, 6) is 0.496. The molecule has 0 fully saturated rings. The van der Waals surface area contributed by atoms with E-state index in [9.17, 15) is 5.11 Å². The highest BCUT2D eigenvalue weighted by atomic mass is 127. The van der Waals surface area contributed by atoms with Gasteiger partial charge in [-0.15, -0.1) is 10.6 Å². The number of hydrazone groups is 1. The van der Waals surface area contributed by atoms with Crippen LogP contribution in [0.3, 0.4) is 0 Å². The van der Waals surface area contributed by atoms with E-state index in [2.05, 4.69) is 44.1 Å². The SMILES string of the molecule is CN1CNC=C1C(O)(c1ccc(I)cc1)c1ccc2c(c1)C(c1cccc(Cl)c1)=NC1=NNNN12. The van der Waals surface area contributed by atoms with Crippen molar-refractivity contribution in [2.75, 3.05) is 18.7 Å². The van der Waals surface area contributed by atoms with Crippen molar-refractivity contribution in [1.29, 1.82) is 0 Å². The monoisotopic (exact) mass is 597 g/mol. The minimum absolute atomic E-state index is 0.496. The van der Waals surface area contributed by atoms with Crippen LogP contribution in [-0.2, 0) is 5.60 Å². The number of guanidine groups is 1. The number of fused-ring (bicyclic) bond motifs is 3. The molecule has 0 bridgehead atoms. The Kier molecular flexibility index (Phi) is 5.44. The number of aliphatic imine (C=N–C) groups is 1. The van der Waals surface area contributed by atoms with Crippen molar-refractivity contribution in [3.8, 4) is 0 Å². The van der Waals surface area contributed by atoms with Crippen molar-refractivity contribution in [3.63, 3.8) is 0 Å². The van der Waals surface area contributed by atoms with Crippen molar-refractivity contribution >= 4 is 51.6 Å². The first-order chi connectivity index (χ1) is 16.9. The second-order valence-electron chi connectivity index (χ2n) is 8.48. The van der Waals surface area contributed by atoms with Crippen LogP contribution in [0.25, 0.3) is 0 Å². The van der Waals surface area contributed by atoms with Crippen LogP contribution < -0.4 is 21.4 Å². The first kappa shape index (κ1) is 22.4. The van der Waals surface area contributed by atoms with Gasteiger partial charge in [-0.2, -0.15) is 0 Å². The van der Waals surface area contributed by atoms with E-state index in [1.165, 1.54) is 0 Å². The quantitative estimate of drug-likeness (QED) is 0.345. The number of rotatable bonds is 4. The van der Waals surface area contributed by atoms with Gasteiger partial charge in [0.05, 0.1) is 23.8 Å². The second-order valence-corrected chi connectivity index (χ2v) is 10.2. The number of hydrazine groups is 2. The van der Waals surface area contributed by atoms with Gasteiger partial charge >= 0.3 is 0 Å². The summed E-state index contributed by atoms with van der Waals surface area (Å²) in [6.07, 6.45) is 1.88. The molecule has 3 aromatic rings. The molecule has 0 radical (unpaired) electrons. The number of nitrogens with one attached hydrogen (secondary N) is 3. The molecule has 0 saturated carbocycles. The molecule has 3 aromatic carbocycles. The molecule has 3 heterocycles. The lowest BCUT2D eigenvalue weighted by atomic mass is 9.81. The van der Waals surface area contributed by atoms with Crippen molar-refractivity contribution in [3.05, 3.63) is 109 Å². The lowest BCUT2D eigenvalue weighted by molar-refractivity contribution is 0.0930. The lowest BCUT2D eigenvalue weighted by Crippen LogP contribution is -2.44. The molecule has 10 heteroatoms. The molecule has 0 spiro atoms. The summed E-state index contributed by atoms with van der Waals surface area (Å²) < 4.78 is 1.10. The fourth-order valence-electron chi connectivity index (χ4n) is 4.64. The summed E-state index contributed by atoms with van der Waals surface area (Å²) in [4.78, 5) is 6.82. The van der Waals surface area contributed by atoms with E-state index in [1.807, 2.05) is 84.9 Å². The number of likely N-dealkylation sites (N-methyl/N-ethyl adjacent to an activating group) is 1. The standard InChI is InChI=1S/C25H21ClIN7O/c1-33-14-28-13-22(33)25(35,16-5-8-19(27)9-6-16)17-7-10-21-20(12-17)23(15-3-2-4-18(26)11-15)29-24-30-31-32-34(21)24/h2-13,28,31-32,35H,14H2,1H3. The summed E-state index contributed by atoms with van der Waals surface area (Å²) in [6.45, 7) is 0.616. The molecule has 1 unspecified atom stereocenters. The van der Waals surface area contributed by atoms with Crippen LogP contribution in [0.1, 0.15) is 22.3 Å². The van der Waals surface area contributed by atoms with E-state index in [1.54, 1.807) is 5.01 Å². The highest BCUT2D eigenvalue weighted by Crippen LogP contribution is 2.41. The zero-order valence-corrected chi connectivity index (χ0v) is 21.5. The van der Waals surface area contributed by atoms with Crippen LogP contribution in [0.15, 0.2) is 88.7 Å². The van der Waals surface area contributed by atoms with E-state index >= 15 is 0 Å². The summed E-state index contributed by atoms with van der Waals surface area (Å²) in [6, 6.07) is 21.4. The van der Waals surface area contributed by atoms with Gasteiger partial charge in [0.15, 0.2) is 5.60 Å². The van der Waals surface area contributed by atoms with Gasteiger partial charge in [0, 0.05) is 33.0 Å². The number of hydrogen-bond donors (Lipinski definition) is 4. The second kappa shape index (κ2) is 8.52. The lowest BCUT2D eigenvalue weighted by Gasteiger charge is -2.35. The predicted octanol–water partition coefficient (Wildman–Crippen LogP) is 3.47. The van der Waals surface area contributed by atoms with Gasteiger partial charge in [0.2, 0.25) is 0 Å². The van der Waals surface area contributed by atoms with Crippen LogP contribution >= 0.6 is 34.2 Å². The summed E-state index contributed by atoms with van der Waals surface area (Å²) in [5, 5.41) is 22.3. The zero-order chi connectivity index (χ0) is 24.2. The van der Waals surface area contributed by atoms with Gasteiger partial charge in [0.1, 0.15) is 0 Å². The van der Waals surface area contributed by atoms with Crippen LogP contribution in [0.5, 0.6) is 0 Å². The van der Waals surface area contributed by atoms with E-state index in [0.29, 0.717) is 17.7 Å². The molecule has 0 aliphatic carbocycles. The Morgan fingerprint density at radius 3 is 2.60 bits per heavy atom. The molecule has 35 heavy (non-hydrogen) atoms. The van der Waals surface area contributed by atoms with Crippen molar-refractivity contribution in [2.45, 2.75) is 5.60 Å². The van der Waals surface area contributed by atoms with Gasteiger partial charge < -0.3 is 15.3 Å². The molecule has 176 valence electrons. The molecule has 4 N–H and O–H groups in total. The van der Waals surface area contributed by atoms with E-state index in [-0.39, 0.29) is 0 Å². The van der Waals surface area contributed by atoms with Gasteiger partial charge in [-0.3, -0.25) is 0 Å². The molecule has 0 aromatic heterocycles. The predicted molar refractivity (Wildman–Crippen MR) is 146 cm³/mol. The Morgan fingerprint density at radius 2 is 1.86 bits per heavy atom. The van der Waals surface area contributed by atoms with Gasteiger partial charge in [0.25, 0.3) is 5.96 Å². The van der Waals surface area contributed by atoms with Crippen LogP contribution in [0.2, 0.25) is 5.02 Å². The number of aliphatic hydroxyl groups is 1. The van der Waals surface area contributed by atoms with Gasteiger partial charge in [-0.25, -0.2) is 15.5 Å². The number of anilines is 1. The van der Waals surface area contributed by atoms with Crippen LogP contribution in [0.4, 0.5) is 5.69 Å². The normalized spacial score (nSPS) is 18.0. The summed E-state index contributed by atoms with van der Waals surface area (Å²) in [7, 11) is 1.96. The molecule has 3 aliphatic heterocycles. The maximum atomic E-state index is 12.4. The smallest absolute Gasteiger partial charge is 0.265 e. The molecule has 0 amide bonds. The Balaban J connectivity index is 1.57. The van der Waals surface area contributed by atoms with Crippen molar-refractivity contribution in [2.24, 2.45) is 10.1 Å². The first-order valence-corrected chi connectivity index (χ1v) is 12.4. The molecule has 8 nitrogen and oxygen atoms in total. The summed E-state index contributed by atoms with van der Waals surface area (Å²) in [5.41, 5.74) is 9.95. The number of hydrogen-bond acceptors (Lipinski definition) is 8. The van der Waals surface area contributed by atoms with Crippen molar-refractivity contribution < 1.29 is 5.11 Å². The molecular formula is C25H21ClIN7O. The van der Waals surface area contributed by atoms with Crippen LogP contribution in [0, 0.1) is 3.57 Å². The topological polar surface area (TPSA) is 87.5 Å². The highest BCUT2D eigenvalue weighted by Gasteiger charge is 2.41. The fraction of sp³-hybridized carbons (Fsp3) is 0.120. The Bertz CT molecular complexity index is 1420. The zero-order valence-electron chi connectivity index (χ0n) is 18.6. The van der Waals surface area contributed by atoms with E-state index < -0.39 is 5.60 Å². The molecule has 1 atom stereocenters. The maximum Gasteiger partial charge on any atom is 0.265 e. The van der Waals surface area contributed by atoms with E-state index in [0.717, 1.165) is 42.9 Å². The first-order valence-electron chi connectivity index (χ1n) is 11.0. The third kappa shape index (κ3) is 3.66. The average molecular weight is 598 g/mol. The van der Waals surface area contributed by atoms with Crippen LogP contribution in [-0.4, -0.2) is 35.4 Å². The highest BCUT2D eigenvalue weighted by molar-refractivity contribution is 14.1. The number of halogens is 2. The minimum atomic E-state index is -1.39. The number of benzene rings is 3.